The lowest BCUT2D eigenvalue weighted by atomic mass is 10.0. The molecule has 0 bridgehead atoms. The van der Waals surface area contributed by atoms with E-state index in [4.69, 9.17) is 0 Å². The van der Waals surface area contributed by atoms with Crippen LogP contribution in [0.4, 0.5) is 0 Å². The number of hydrogen-bond donors (Lipinski definition) is 0. The van der Waals surface area contributed by atoms with Crippen molar-refractivity contribution in [1.29, 1.82) is 0 Å². The van der Waals surface area contributed by atoms with Crippen LogP contribution in [-0.2, 0) is 26.2 Å². The zero-order valence-electron chi connectivity index (χ0n) is 37.7. The molecule has 0 radical (unpaired) electrons. The highest BCUT2D eigenvalue weighted by Crippen LogP contribution is 2.16. The quantitative estimate of drug-likeness (QED) is 0.0472. The largest absolute Gasteiger partial charge is 0.243 e. The van der Waals surface area contributed by atoms with Crippen molar-refractivity contribution in [2.75, 3.05) is 0 Å². The molecule has 0 amide bonds. The van der Waals surface area contributed by atoms with E-state index in [1.807, 2.05) is 0 Å². The van der Waals surface area contributed by atoms with Crippen molar-refractivity contribution in [2.24, 2.45) is 0 Å². The third-order valence-corrected chi connectivity index (χ3v) is 12.4. The second-order valence-electron chi connectivity index (χ2n) is 17.9. The first-order valence-electron chi connectivity index (χ1n) is 25.4. The molecule has 2 aromatic heterocycles. The minimum absolute atomic E-state index is 1.18. The topological polar surface area (TPSA) is 17.6 Å². The average Bonchev–Trinajstić information content (AvgIpc) is 3.86. The maximum atomic E-state index is 2.41. The van der Waals surface area contributed by atoms with Crippen molar-refractivity contribution in [1.82, 2.24) is 9.13 Å². The van der Waals surface area contributed by atoms with E-state index in [0.29, 0.717) is 0 Å². The lowest BCUT2D eigenvalue weighted by molar-refractivity contribution is -0.697. The molecule has 320 valence electrons. The van der Waals surface area contributed by atoms with E-state index in [0.717, 1.165) is 0 Å². The molecule has 2 heterocycles. The maximum absolute atomic E-state index is 2.41. The summed E-state index contributed by atoms with van der Waals surface area (Å²) in [5, 5.41) is 0. The second kappa shape index (κ2) is 39.3. The van der Waals surface area contributed by atoms with Gasteiger partial charge in [0.2, 0.25) is 12.7 Å². The van der Waals surface area contributed by atoms with Gasteiger partial charge in [0.15, 0.2) is 0 Å². The molecule has 2 rings (SSSR count). The van der Waals surface area contributed by atoms with E-state index >= 15 is 0 Å². The summed E-state index contributed by atoms with van der Waals surface area (Å²) in [4.78, 5) is 0. The Hall–Kier alpha value is -1.58. The van der Waals surface area contributed by atoms with Crippen LogP contribution in [0, 0.1) is 0 Å². The van der Waals surface area contributed by atoms with Crippen LogP contribution < -0.4 is 9.13 Å². The van der Waals surface area contributed by atoms with E-state index < -0.39 is 0 Å². The first kappa shape index (κ1) is 49.6. The number of hydrogen-bond acceptors (Lipinski definition) is 0. The monoisotopic (exact) mass is 767 g/mol. The number of rotatable bonds is 44. The van der Waals surface area contributed by atoms with E-state index in [-0.39, 0.29) is 0 Å². The molecule has 0 unspecified atom stereocenters. The van der Waals surface area contributed by atoms with Crippen molar-refractivity contribution in [3.8, 4) is 0 Å². The van der Waals surface area contributed by atoms with Crippen LogP contribution in [0.3, 0.4) is 0 Å². The van der Waals surface area contributed by atoms with Gasteiger partial charge in [0.05, 0.1) is 26.2 Å². The van der Waals surface area contributed by atoms with Gasteiger partial charge in [-0.05, 0) is 51.4 Å². The van der Waals surface area contributed by atoms with Crippen LogP contribution >= 0.6 is 0 Å². The molecule has 4 heteroatoms. The Kier molecular flexibility index (Phi) is 35.4. The van der Waals surface area contributed by atoms with Crippen LogP contribution in [0.25, 0.3) is 0 Å². The van der Waals surface area contributed by atoms with Crippen molar-refractivity contribution < 1.29 is 9.13 Å². The van der Waals surface area contributed by atoms with E-state index in [1.165, 1.54) is 277 Å². The van der Waals surface area contributed by atoms with Gasteiger partial charge in [-0.1, -0.05) is 213 Å². The highest BCUT2D eigenvalue weighted by atomic mass is 15.1. The summed E-state index contributed by atoms with van der Waals surface area (Å²) in [6, 6.07) is 0. The molecule has 0 N–H and O–H groups in total. The van der Waals surface area contributed by atoms with Gasteiger partial charge in [-0.3, -0.25) is 0 Å². The van der Waals surface area contributed by atoms with Crippen molar-refractivity contribution >= 4 is 0 Å². The summed E-state index contributed by atoms with van der Waals surface area (Å²) in [5.41, 5.74) is 0. The number of aromatic nitrogens is 4. The van der Waals surface area contributed by atoms with Crippen LogP contribution in [0.1, 0.15) is 264 Å². The summed E-state index contributed by atoms with van der Waals surface area (Å²) < 4.78 is 9.65. The lowest BCUT2D eigenvalue weighted by Crippen LogP contribution is -2.31. The molecule has 2 aromatic rings. The van der Waals surface area contributed by atoms with Gasteiger partial charge in [0, 0.05) is 0 Å². The molecule has 4 nitrogen and oxygen atoms in total. The predicted octanol–water partition coefficient (Wildman–Crippen LogP) is 15.8. The van der Waals surface area contributed by atoms with Crippen LogP contribution in [0.15, 0.2) is 37.4 Å². The predicted molar refractivity (Wildman–Crippen MR) is 241 cm³/mol. The Balaban J connectivity index is 1.28. The third kappa shape index (κ3) is 32.1. The third-order valence-electron chi connectivity index (χ3n) is 12.4. The summed E-state index contributed by atoms with van der Waals surface area (Å²) in [6.07, 6.45) is 69.5. The van der Waals surface area contributed by atoms with Crippen molar-refractivity contribution in [3.05, 3.63) is 37.4 Å². The van der Waals surface area contributed by atoms with Gasteiger partial charge in [0.25, 0.3) is 0 Å². The van der Waals surface area contributed by atoms with Gasteiger partial charge >= 0.3 is 0 Å². The number of aryl methyl sites for hydroxylation is 4. The van der Waals surface area contributed by atoms with E-state index in [2.05, 4.69) is 69.6 Å². The SMILES string of the molecule is CCCCCCCCCCCCCCCCCCn1cc[n+](CCCCCCCCC[n+]2ccn(CCCCCCCCCCCCCCCCCC)c2)c1. The van der Waals surface area contributed by atoms with Gasteiger partial charge < -0.3 is 0 Å². The Morgan fingerprint density at radius 1 is 0.273 bits per heavy atom. The van der Waals surface area contributed by atoms with Gasteiger partial charge in [0.1, 0.15) is 24.8 Å². The molecule has 0 saturated carbocycles. The van der Waals surface area contributed by atoms with Gasteiger partial charge in [-0.15, -0.1) is 0 Å². The fourth-order valence-electron chi connectivity index (χ4n) is 8.56. The average molecular weight is 767 g/mol. The molecule has 0 atom stereocenters. The molecule has 0 saturated heterocycles. The summed E-state index contributed by atoms with van der Waals surface area (Å²) in [6.45, 7) is 9.35. The molecule has 0 aliphatic rings. The number of unbranched alkanes of at least 4 members (excludes halogenated alkanes) is 36. The number of imidazole rings is 2. The van der Waals surface area contributed by atoms with Crippen molar-refractivity contribution in [2.45, 2.75) is 290 Å². The first-order chi connectivity index (χ1) is 27.3. The smallest absolute Gasteiger partial charge is 0.237 e. The Bertz CT molecular complexity index is 943. The molecule has 0 aromatic carbocycles. The lowest BCUT2D eigenvalue weighted by Gasteiger charge is -2.03. The first-order valence-corrected chi connectivity index (χ1v) is 25.4. The molecular weight excluding hydrogens is 669 g/mol. The van der Waals surface area contributed by atoms with Gasteiger partial charge in [-0.25, -0.2) is 18.3 Å². The minimum Gasteiger partial charge on any atom is -0.237 e. The highest BCUT2D eigenvalue weighted by Gasteiger charge is 2.06. The minimum atomic E-state index is 1.18. The summed E-state index contributed by atoms with van der Waals surface area (Å²) in [5.74, 6) is 0. The molecule has 0 aliphatic carbocycles. The molecule has 55 heavy (non-hydrogen) atoms. The van der Waals surface area contributed by atoms with Crippen LogP contribution in [0.2, 0.25) is 0 Å². The summed E-state index contributed by atoms with van der Waals surface area (Å²) >= 11 is 0. The van der Waals surface area contributed by atoms with E-state index in [1.54, 1.807) is 0 Å². The van der Waals surface area contributed by atoms with E-state index in [9.17, 15) is 0 Å². The maximum Gasteiger partial charge on any atom is 0.243 e. The highest BCUT2D eigenvalue weighted by molar-refractivity contribution is 4.67. The Morgan fingerprint density at radius 3 is 0.745 bits per heavy atom. The second-order valence-corrected chi connectivity index (χ2v) is 17.9. The molecular formula is C51H98N4+2. The van der Waals surface area contributed by atoms with Gasteiger partial charge in [-0.2, -0.15) is 0 Å². The Labute approximate surface area is 345 Å². The van der Waals surface area contributed by atoms with Crippen LogP contribution in [-0.4, -0.2) is 9.13 Å². The molecule has 0 aliphatic heterocycles. The standard InChI is InChI=1S/C51H98N4/c1-3-5-7-9-11-13-15-17-19-21-23-25-27-30-34-38-42-52-46-48-54(50-52)44-40-36-32-29-33-37-41-45-55-49-47-53(51-55)43-39-35-31-28-26-24-22-20-18-16-14-12-10-8-6-4-2/h46-51H,3-45H2,1-2H3/q+2. The van der Waals surface area contributed by atoms with Crippen molar-refractivity contribution in [3.63, 3.8) is 0 Å². The van der Waals surface area contributed by atoms with Crippen LogP contribution in [0.5, 0.6) is 0 Å². The molecule has 0 spiro atoms. The fraction of sp³-hybridized carbons (Fsp3) is 0.882. The fourth-order valence-corrected chi connectivity index (χ4v) is 8.56. The Morgan fingerprint density at radius 2 is 0.491 bits per heavy atom. The summed E-state index contributed by atoms with van der Waals surface area (Å²) in [7, 11) is 0. The normalized spacial score (nSPS) is 11.7. The zero-order chi connectivity index (χ0) is 39.0. The molecule has 0 fully saturated rings. The zero-order valence-corrected chi connectivity index (χ0v) is 37.7. The number of nitrogens with zero attached hydrogens (tertiary/aromatic N) is 4.